The Morgan fingerprint density at radius 3 is 2.53 bits per heavy atom. The van der Waals surface area contributed by atoms with Gasteiger partial charge < -0.3 is 10.6 Å². The fourth-order valence-corrected chi connectivity index (χ4v) is 1.91. The summed E-state index contributed by atoms with van der Waals surface area (Å²) in [5, 5.41) is 5.30. The molecule has 0 spiro atoms. The standard InChI is InChI=1S/C12H15IN2O2/c1-8(2)15-11(16)7-14-12(17)9-5-3-4-6-10(9)13/h3-6,8H,7H2,1-2H3,(H,14,17)(H,15,16). The predicted octanol–water partition coefficient (Wildman–Crippen LogP) is 1.55. The number of hydrogen-bond acceptors (Lipinski definition) is 2. The third-order valence-electron chi connectivity index (χ3n) is 1.98. The molecular weight excluding hydrogens is 331 g/mol. The molecule has 1 rings (SSSR count). The summed E-state index contributed by atoms with van der Waals surface area (Å²) in [7, 11) is 0. The van der Waals surface area contributed by atoms with Crippen molar-refractivity contribution in [2.75, 3.05) is 6.54 Å². The molecule has 1 aromatic carbocycles. The number of nitrogens with one attached hydrogen (secondary N) is 2. The van der Waals surface area contributed by atoms with Crippen LogP contribution in [0.4, 0.5) is 0 Å². The van der Waals surface area contributed by atoms with E-state index in [0.717, 1.165) is 3.57 Å². The van der Waals surface area contributed by atoms with Gasteiger partial charge in [-0.1, -0.05) is 12.1 Å². The van der Waals surface area contributed by atoms with E-state index in [1.807, 2.05) is 26.0 Å². The largest absolute Gasteiger partial charge is 0.352 e. The van der Waals surface area contributed by atoms with Crippen LogP contribution >= 0.6 is 22.6 Å². The average Bonchev–Trinajstić information content (AvgIpc) is 2.25. The fourth-order valence-electron chi connectivity index (χ4n) is 1.27. The second-order valence-electron chi connectivity index (χ2n) is 3.88. The first-order valence-electron chi connectivity index (χ1n) is 5.33. The lowest BCUT2D eigenvalue weighted by atomic mass is 10.2. The van der Waals surface area contributed by atoms with Crippen LogP contribution in [-0.4, -0.2) is 24.4 Å². The molecule has 0 aromatic heterocycles. The zero-order valence-electron chi connectivity index (χ0n) is 9.79. The second-order valence-corrected chi connectivity index (χ2v) is 5.05. The number of halogens is 1. The van der Waals surface area contributed by atoms with Crippen LogP contribution in [0.3, 0.4) is 0 Å². The Hall–Kier alpha value is -1.11. The quantitative estimate of drug-likeness (QED) is 0.813. The van der Waals surface area contributed by atoms with Gasteiger partial charge in [0.05, 0.1) is 12.1 Å². The minimum atomic E-state index is -0.228. The monoisotopic (exact) mass is 346 g/mol. The summed E-state index contributed by atoms with van der Waals surface area (Å²) in [5.74, 6) is -0.409. The van der Waals surface area contributed by atoms with Gasteiger partial charge in [-0.25, -0.2) is 0 Å². The van der Waals surface area contributed by atoms with E-state index < -0.39 is 0 Å². The molecule has 0 heterocycles. The zero-order valence-corrected chi connectivity index (χ0v) is 11.9. The Morgan fingerprint density at radius 2 is 1.94 bits per heavy atom. The van der Waals surface area contributed by atoms with Crippen LogP contribution in [0.1, 0.15) is 24.2 Å². The van der Waals surface area contributed by atoms with Gasteiger partial charge in [-0.3, -0.25) is 9.59 Å². The van der Waals surface area contributed by atoms with E-state index in [1.54, 1.807) is 12.1 Å². The molecule has 0 saturated carbocycles. The Balaban J connectivity index is 2.51. The fraction of sp³-hybridized carbons (Fsp3) is 0.333. The molecule has 0 aliphatic heterocycles. The highest BCUT2D eigenvalue weighted by Crippen LogP contribution is 2.10. The molecule has 92 valence electrons. The van der Waals surface area contributed by atoms with Crippen LogP contribution in [0.25, 0.3) is 0 Å². The van der Waals surface area contributed by atoms with Crippen molar-refractivity contribution >= 4 is 34.4 Å². The molecule has 2 amide bonds. The first-order chi connectivity index (χ1) is 8.00. The van der Waals surface area contributed by atoms with Crippen molar-refractivity contribution < 1.29 is 9.59 Å². The van der Waals surface area contributed by atoms with E-state index in [4.69, 9.17) is 0 Å². The molecule has 17 heavy (non-hydrogen) atoms. The van der Waals surface area contributed by atoms with Crippen molar-refractivity contribution in [3.8, 4) is 0 Å². The minimum Gasteiger partial charge on any atom is -0.352 e. The lowest BCUT2D eigenvalue weighted by molar-refractivity contribution is -0.120. The minimum absolute atomic E-state index is 0.00197. The van der Waals surface area contributed by atoms with Gasteiger partial charge in [-0.05, 0) is 48.6 Å². The van der Waals surface area contributed by atoms with E-state index in [1.165, 1.54) is 0 Å². The van der Waals surface area contributed by atoms with Gasteiger partial charge in [-0.2, -0.15) is 0 Å². The van der Waals surface area contributed by atoms with Crippen LogP contribution < -0.4 is 10.6 Å². The number of benzene rings is 1. The Kier molecular flexibility index (Phi) is 5.40. The third kappa shape index (κ3) is 4.72. The summed E-state index contributed by atoms with van der Waals surface area (Å²) in [6.07, 6.45) is 0. The van der Waals surface area contributed by atoms with Gasteiger partial charge in [0.1, 0.15) is 0 Å². The van der Waals surface area contributed by atoms with Crippen molar-refractivity contribution in [3.63, 3.8) is 0 Å². The van der Waals surface area contributed by atoms with Crippen LogP contribution in [0.2, 0.25) is 0 Å². The van der Waals surface area contributed by atoms with E-state index in [0.29, 0.717) is 5.56 Å². The van der Waals surface area contributed by atoms with Crippen LogP contribution in [0, 0.1) is 3.57 Å². The third-order valence-corrected chi connectivity index (χ3v) is 2.92. The van der Waals surface area contributed by atoms with E-state index >= 15 is 0 Å². The summed E-state index contributed by atoms with van der Waals surface area (Å²) in [6.45, 7) is 3.75. The van der Waals surface area contributed by atoms with Gasteiger partial charge in [0.15, 0.2) is 0 Å². The van der Waals surface area contributed by atoms with Gasteiger partial charge in [-0.15, -0.1) is 0 Å². The topological polar surface area (TPSA) is 58.2 Å². The molecule has 5 heteroatoms. The van der Waals surface area contributed by atoms with Crippen molar-refractivity contribution in [1.29, 1.82) is 0 Å². The summed E-state index contributed by atoms with van der Waals surface area (Å²) >= 11 is 2.09. The van der Waals surface area contributed by atoms with E-state index in [-0.39, 0.29) is 24.4 Å². The number of hydrogen-bond donors (Lipinski definition) is 2. The van der Waals surface area contributed by atoms with Crippen molar-refractivity contribution in [2.24, 2.45) is 0 Å². The number of amides is 2. The Morgan fingerprint density at radius 1 is 1.29 bits per heavy atom. The highest BCUT2D eigenvalue weighted by molar-refractivity contribution is 14.1. The Bertz CT molecular complexity index is 419. The Labute approximate surface area is 114 Å². The van der Waals surface area contributed by atoms with Gasteiger partial charge in [0, 0.05) is 9.61 Å². The SMILES string of the molecule is CC(C)NC(=O)CNC(=O)c1ccccc1I. The molecule has 0 aliphatic rings. The highest BCUT2D eigenvalue weighted by atomic mass is 127. The molecule has 0 fully saturated rings. The maximum atomic E-state index is 11.8. The molecular formula is C12H15IN2O2. The summed E-state index contributed by atoms with van der Waals surface area (Å²) in [5.41, 5.74) is 0.588. The zero-order chi connectivity index (χ0) is 12.8. The summed E-state index contributed by atoms with van der Waals surface area (Å²) in [4.78, 5) is 23.1. The molecule has 1 aromatic rings. The van der Waals surface area contributed by atoms with Crippen LogP contribution in [0.15, 0.2) is 24.3 Å². The van der Waals surface area contributed by atoms with Gasteiger partial charge in [0.25, 0.3) is 5.91 Å². The smallest absolute Gasteiger partial charge is 0.252 e. The highest BCUT2D eigenvalue weighted by Gasteiger charge is 2.10. The van der Waals surface area contributed by atoms with Crippen molar-refractivity contribution in [3.05, 3.63) is 33.4 Å². The first-order valence-corrected chi connectivity index (χ1v) is 6.40. The molecule has 0 saturated heterocycles. The maximum absolute atomic E-state index is 11.8. The van der Waals surface area contributed by atoms with Crippen LogP contribution in [-0.2, 0) is 4.79 Å². The molecule has 0 bridgehead atoms. The van der Waals surface area contributed by atoms with Crippen LogP contribution in [0.5, 0.6) is 0 Å². The van der Waals surface area contributed by atoms with E-state index in [9.17, 15) is 9.59 Å². The van der Waals surface area contributed by atoms with E-state index in [2.05, 4.69) is 33.2 Å². The lowest BCUT2D eigenvalue weighted by Crippen LogP contribution is -2.39. The molecule has 2 N–H and O–H groups in total. The first kappa shape index (κ1) is 14.0. The van der Waals surface area contributed by atoms with Crippen molar-refractivity contribution in [1.82, 2.24) is 10.6 Å². The van der Waals surface area contributed by atoms with Gasteiger partial charge in [0.2, 0.25) is 5.91 Å². The summed E-state index contributed by atoms with van der Waals surface area (Å²) in [6, 6.07) is 7.33. The number of rotatable bonds is 4. The average molecular weight is 346 g/mol. The predicted molar refractivity (Wildman–Crippen MR) is 74.8 cm³/mol. The molecule has 4 nitrogen and oxygen atoms in total. The normalized spacial score (nSPS) is 10.1. The number of carbonyl (C=O) groups is 2. The maximum Gasteiger partial charge on any atom is 0.252 e. The lowest BCUT2D eigenvalue weighted by Gasteiger charge is -2.09. The molecule has 0 atom stereocenters. The van der Waals surface area contributed by atoms with Crippen molar-refractivity contribution in [2.45, 2.75) is 19.9 Å². The summed E-state index contributed by atoms with van der Waals surface area (Å²) < 4.78 is 0.867. The number of carbonyl (C=O) groups excluding carboxylic acids is 2. The molecule has 0 unspecified atom stereocenters. The van der Waals surface area contributed by atoms with Gasteiger partial charge >= 0.3 is 0 Å². The molecule has 0 aliphatic carbocycles. The second kappa shape index (κ2) is 6.58. The molecule has 0 radical (unpaired) electrons.